The molecule has 0 fully saturated rings. The van der Waals surface area contributed by atoms with E-state index < -0.39 is 5.63 Å². The van der Waals surface area contributed by atoms with Gasteiger partial charge >= 0.3 is 5.63 Å². The van der Waals surface area contributed by atoms with Crippen LogP contribution in [0.25, 0.3) is 22.1 Å². The van der Waals surface area contributed by atoms with Gasteiger partial charge in [0.1, 0.15) is 16.4 Å². The van der Waals surface area contributed by atoms with Crippen LogP contribution in [0.5, 0.6) is 5.75 Å². The number of benzene rings is 3. The van der Waals surface area contributed by atoms with Gasteiger partial charge in [-0.2, -0.15) is 0 Å². The lowest BCUT2D eigenvalue weighted by Crippen LogP contribution is -2.02. The molecule has 1 heterocycles. The molecule has 122 valence electrons. The highest BCUT2D eigenvalue weighted by Crippen LogP contribution is 2.35. The van der Waals surface area contributed by atoms with E-state index in [4.69, 9.17) is 4.42 Å². The zero-order valence-corrected chi connectivity index (χ0v) is 14.0. The minimum absolute atomic E-state index is 0.0757. The van der Waals surface area contributed by atoms with E-state index in [2.05, 4.69) is 0 Å². The molecule has 0 saturated carbocycles. The lowest BCUT2D eigenvalue weighted by molar-refractivity contribution is 0.430. The van der Waals surface area contributed by atoms with Crippen molar-refractivity contribution in [3.8, 4) is 17.1 Å². The molecule has 0 spiro atoms. The summed E-state index contributed by atoms with van der Waals surface area (Å²) in [6.45, 7) is 0. The van der Waals surface area contributed by atoms with Crippen LogP contribution >= 0.6 is 11.8 Å². The van der Waals surface area contributed by atoms with Gasteiger partial charge in [0.2, 0.25) is 0 Å². The molecule has 25 heavy (non-hydrogen) atoms. The third-order valence-corrected chi connectivity index (χ3v) is 4.96. The fraction of sp³-hybridized carbons (Fsp3) is 0. The second kappa shape index (κ2) is 6.49. The van der Waals surface area contributed by atoms with Gasteiger partial charge in [-0.05, 0) is 22.9 Å². The number of hydrogen-bond acceptors (Lipinski definition) is 4. The van der Waals surface area contributed by atoms with Crippen molar-refractivity contribution in [3.05, 3.63) is 89.3 Å². The SMILES string of the molecule is O=c1oc(-c2ccccc2)cc(O)c1Sc1ccc2ccccc2c1. The maximum Gasteiger partial charge on any atom is 0.354 e. The molecule has 3 nitrogen and oxygen atoms in total. The van der Waals surface area contributed by atoms with E-state index in [0.717, 1.165) is 21.2 Å². The monoisotopic (exact) mass is 346 g/mol. The Kier molecular flexibility index (Phi) is 4.04. The summed E-state index contributed by atoms with van der Waals surface area (Å²) in [6, 6.07) is 24.6. The van der Waals surface area contributed by atoms with Gasteiger partial charge in [0.25, 0.3) is 0 Å². The Morgan fingerprint density at radius 2 is 1.52 bits per heavy atom. The van der Waals surface area contributed by atoms with E-state index in [1.165, 1.54) is 17.8 Å². The Labute approximate surface area is 148 Å². The first-order valence-electron chi connectivity index (χ1n) is 7.80. The third kappa shape index (κ3) is 3.16. The first-order valence-corrected chi connectivity index (χ1v) is 8.61. The summed E-state index contributed by atoms with van der Waals surface area (Å²) in [5.41, 5.74) is 0.203. The number of fused-ring (bicyclic) bond motifs is 1. The molecule has 0 amide bonds. The minimum atomic E-state index is -0.544. The maximum atomic E-state index is 12.4. The van der Waals surface area contributed by atoms with E-state index in [0.29, 0.717) is 5.76 Å². The quantitative estimate of drug-likeness (QED) is 0.546. The topological polar surface area (TPSA) is 50.4 Å². The van der Waals surface area contributed by atoms with Gasteiger partial charge in [0.05, 0.1) is 0 Å². The van der Waals surface area contributed by atoms with Crippen molar-refractivity contribution in [1.29, 1.82) is 0 Å². The highest BCUT2D eigenvalue weighted by Gasteiger charge is 2.14. The Morgan fingerprint density at radius 3 is 2.28 bits per heavy atom. The summed E-state index contributed by atoms with van der Waals surface area (Å²) in [6.07, 6.45) is 0. The molecule has 0 unspecified atom stereocenters. The van der Waals surface area contributed by atoms with Crippen LogP contribution in [0, 0.1) is 0 Å². The Morgan fingerprint density at radius 1 is 0.800 bits per heavy atom. The van der Waals surface area contributed by atoms with Gasteiger partial charge in [-0.25, -0.2) is 4.79 Å². The first-order chi connectivity index (χ1) is 12.2. The van der Waals surface area contributed by atoms with Gasteiger partial charge in [0, 0.05) is 16.5 Å². The molecule has 0 aliphatic rings. The molecular formula is C21H14O3S. The molecule has 4 rings (SSSR count). The Hall–Kier alpha value is -2.98. The number of aromatic hydroxyl groups is 1. The second-order valence-electron chi connectivity index (χ2n) is 5.59. The van der Waals surface area contributed by atoms with Crippen LogP contribution in [0.4, 0.5) is 0 Å². The largest absolute Gasteiger partial charge is 0.506 e. The van der Waals surface area contributed by atoms with Gasteiger partial charge in [-0.3, -0.25) is 0 Å². The lowest BCUT2D eigenvalue weighted by atomic mass is 10.1. The second-order valence-corrected chi connectivity index (χ2v) is 6.67. The molecular weight excluding hydrogens is 332 g/mol. The molecule has 0 saturated heterocycles. The standard InChI is InChI=1S/C21H14O3S/c22-18-13-19(15-7-2-1-3-8-15)24-21(23)20(18)25-17-11-10-14-6-4-5-9-16(14)12-17/h1-13,22H. The van der Waals surface area contributed by atoms with Crippen LogP contribution in [0.3, 0.4) is 0 Å². The molecule has 4 aromatic rings. The highest BCUT2D eigenvalue weighted by atomic mass is 32.2. The summed E-state index contributed by atoms with van der Waals surface area (Å²) in [4.78, 5) is 13.4. The van der Waals surface area contributed by atoms with Gasteiger partial charge < -0.3 is 9.52 Å². The van der Waals surface area contributed by atoms with Crippen molar-refractivity contribution < 1.29 is 9.52 Å². The Bertz CT molecular complexity index is 1100. The highest BCUT2D eigenvalue weighted by molar-refractivity contribution is 7.99. The van der Waals surface area contributed by atoms with Crippen LogP contribution < -0.4 is 5.63 Å². The normalized spacial score (nSPS) is 10.9. The molecule has 1 aromatic heterocycles. The van der Waals surface area contributed by atoms with Crippen LogP contribution in [-0.2, 0) is 0 Å². The molecule has 1 N–H and O–H groups in total. The zero-order chi connectivity index (χ0) is 17.2. The van der Waals surface area contributed by atoms with E-state index in [-0.39, 0.29) is 10.6 Å². The zero-order valence-electron chi connectivity index (χ0n) is 13.2. The fourth-order valence-corrected chi connectivity index (χ4v) is 3.50. The molecule has 0 aliphatic carbocycles. The Balaban J connectivity index is 1.71. The predicted octanol–water partition coefficient (Wildman–Crippen LogP) is 5.32. The molecule has 0 aliphatic heterocycles. The third-order valence-electron chi connectivity index (χ3n) is 3.89. The van der Waals surface area contributed by atoms with Crippen LogP contribution in [0.2, 0.25) is 0 Å². The van der Waals surface area contributed by atoms with Gasteiger partial charge in [-0.1, -0.05) is 72.4 Å². The van der Waals surface area contributed by atoms with Gasteiger partial charge in [0.15, 0.2) is 0 Å². The molecule has 0 bridgehead atoms. The summed E-state index contributed by atoms with van der Waals surface area (Å²) < 4.78 is 5.40. The van der Waals surface area contributed by atoms with E-state index in [9.17, 15) is 9.90 Å². The van der Waals surface area contributed by atoms with Crippen molar-refractivity contribution in [3.63, 3.8) is 0 Å². The average molecular weight is 346 g/mol. The lowest BCUT2D eigenvalue weighted by Gasteiger charge is -2.07. The van der Waals surface area contributed by atoms with E-state index in [1.807, 2.05) is 72.8 Å². The van der Waals surface area contributed by atoms with Crippen molar-refractivity contribution in [1.82, 2.24) is 0 Å². The smallest absolute Gasteiger partial charge is 0.354 e. The van der Waals surface area contributed by atoms with Crippen LogP contribution in [0.15, 0.2) is 97.9 Å². The van der Waals surface area contributed by atoms with Crippen molar-refractivity contribution in [2.24, 2.45) is 0 Å². The summed E-state index contributed by atoms with van der Waals surface area (Å²) in [5.74, 6) is 0.277. The predicted molar refractivity (Wildman–Crippen MR) is 100 cm³/mol. The summed E-state index contributed by atoms with van der Waals surface area (Å²) in [7, 11) is 0. The molecule has 0 atom stereocenters. The van der Waals surface area contributed by atoms with Crippen LogP contribution in [-0.4, -0.2) is 5.11 Å². The van der Waals surface area contributed by atoms with Crippen LogP contribution in [0.1, 0.15) is 0 Å². The molecule has 0 radical (unpaired) electrons. The fourth-order valence-electron chi connectivity index (χ4n) is 2.66. The van der Waals surface area contributed by atoms with Gasteiger partial charge in [-0.15, -0.1) is 0 Å². The minimum Gasteiger partial charge on any atom is -0.506 e. The molecule has 4 heteroatoms. The average Bonchev–Trinajstić information content (AvgIpc) is 2.65. The summed E-state index contributed by atoms with van der Waals surface area (Å²) >= 11 is 1.20. The number of rotatable bonds is 3. The maximum absolute atomic E-state index is 12.4. The van der Waals surface area contributed by atoms with Crippen molar-refractivity contribution in [2.45, 2.75) is 9.79 Å². The van der Waals surface area contributed by atoms with Crippen molar-refractivity contribution in [2.75, 3.05) is 0 Å². The van der Waals surface area contributed by atoms with E-state index >= 15 is 0 Å². The molecule has 3 aromatic carbocycles. The van der Waals surface area contributed by atoms with Crippen molar-refractivity contribution >= 4 is 22.5 Å². The first kappa shape index (κ1) is 15.5. The summed E-state index contributed by atoms with van der Waals surface area (Å²) in [5, 5.41) is 12.5. The number of hydrogen-bond donors (Lipinski definition) is 1. The van der Waals surface area contributed by atoms with E-state index in [1.54, 1.807) is 0 Å².